The summed E-state index contributed by atoms with van der Waals surface area (Å²) in [6.45, 7) is -0.319. The topological polar surface area (TPSA) is 127 Å². The minimum atomic E-state index is -0.690. The molecule has 4 N–H and O–H groups in total. The largest absolute Gasteiger partial charge is 0.383 e. The number of hydrogen-bond donors (Lipinski definition) is 3. The second-order valence-corrected chi connectivity index (χ2v) is 3.39. The third-order valence-corrected chi connectivity index (χ3v) is 2.15. The van der Waals surface area contributed by atoms with E-state index in [1.807, 2.05) is 0 Å². The molecule has 0 aliphatic heterocycles. The second-order valence-electron chi connectivity index (χ2n) is 3.39. The van der Waals surface area contributed by atoms with Gasteiger partial charge in [0.05, 0.1) is 11.5 Å². The summed E-state index contributed by atoms with van der Waals surface area (Å²) in [6, 6.07) is 3.95. The summed E-state index contributed by atoms with van der Waals surface area (Å²) < 4.78 is 0. The van der Waals surface area contributed by atoms with Crippen LogP contribution < -0.4 is 16.4 Å². The molecule has 1 aromatic rings. The van der Waals surface area contributed by atoms with Crippen LogP contribution in [0.4, 0.5) is 11.4 Å². The Balaban J connectivity index is 2.97. The highest BCUT2D eigenvalue weighted by Gasteiger charge is 2.16. The van der Waals surface area contributed by atoms with E-state index in [1.165, 1.54) is 19.2 Å². The molecule has 0 fully saturated rings. The lowest BCUT2D eigenvalue weighted by Crippen LogP contribution is -2.33. The Hall–Kier alpha value is -2.64. The third-order valence-electron chi connectivity index (χ3n) is 2.15. The van der Waals surface area contributed by atoms with E-state index >= 15 is 0 Å². The van der Waals surface area contributed by atoms with Crippen molar-refractivity contribution in [1.82, 2.24) is 5.32 Å². The number of nitrogens with zero attached hydrogens (tertiary/aromatic N) is 1. The Kier molecular flexibility index (Phi) is 4.19. The molecule has 0 aliphatic carbocycles. The molecule has 0 atom stereocenters. The molecule has 1 aromatic carbocycles. The first-order valence-electron chi connectivity index (χ1n) is 4.98. The highest BCUT2D eigenvalue weighted by Crippen LogP contribution is 2.24. The highest BCUT2D eigenvalue weighted by molar-refractivity contribution is 5.97. The lowest BCUT2D eigenvalue weighted by Gasteiger charge is -2.05. The van der Waals surface area contributed by atoms with Gasteiger partial charge >= 0.3 is 0 Å². The quantitative estimate of drug-likeness (QED) is 0.496. The van der Waals surface area contributed by atoms with Crippen LogP contribution in [0.1, 0.15) is 10.4 Å². The standard InChI is InChI=1S/C10H12N4O4/c1-12-7-3-2-6(4-8(7)14(17)18)10(16)13-5-9(11)15/h2-4,12H,5H2,1H3,(H2,11,15)(H,13,16). The first-order valence-corrected chi connectivity index (χ1v) is 4.98. The fraction of sp³-hybridized carbons (Fsp3) is 0.200. The zero-order chi connectivity index (χ0) is 13.7. The molecular weight excluding hydrogens is 240 g/mol. The summed E-state index contributed by atoms with van der Waals surface area (Å²) in [5, 5.41) is 15.7. The van der Waals surface area contributed by atoms with Crippen molar-refractivity contribution in [2.75, 3.05) is 18.9 Å². The number of nitro groups is 1. The van der Waals surface area contributed by atoms with Gasteiger partial charge in [-0.2, -0.15) is 0 Å². The maximum Gasteiger partial charge on any atom is 0.293 e. The lowest BCUT2D eigenvalue weighted by molar-refractivity contribution is -0.384. The normalized spacial score (nSPS) is 9.61. The van der Waals surface area contributed by atoms with Crippen molar-refractivity contribution >= 4 is 23.2 Å². The zero-order valence-electron chi connectivity index (χ0n) is 9.60. The zero-order valence-corrected chi connectivity index (χ0v) is 9.60. The number of carbonyl (C=O) groups excluding carboxylic acids is 2. The van der Waals surface area contributed by atoms with Gasteiger partial charge in [0.2, 0.25) is 5.91 Å². The van der Waals surface area contributed by atoms with Crippen molar-refractivity contribution in [3.8, 4) is 0 Å². The van der Waals surface area contributed by atoms with Crippen LogP contribution in [0.15, 0.2) is 18.2 Å². The number of amides is 2. The van der Waals surface area contributed by atoms with Crippen LogP contribution in [0.25, 0.3) is 0 Å². The number of benzene rings is 1. The van der Waals surface area contributed by atoms with Gasteiger partial charge in [-0.05, 0) is 12.1 Å². The molecule has 18 heavy (non-hydrogen) atoms. The molecule has 0 unspecified atom stereocenters. The average molecular weight is 252 g/mol. The van der Waals surface area contributed by atoms with Gasteiger partial charge in [-0.15, -0.1) is 0 Å². The van der Waals surface area contributed by atoms with E-state index in [-0.39, 0.29) is 17.8 Å². The number of carbonyl (C=O) groups is 2. The molecule has 0 radical (unpaired) electrons. The van der Waals surface area contributed by atoms with Gasteiger partial charge in [-0.3, -0.25) is 19.7 Å². The van der Waals surface area contributed by atoms with Crippen LogP contribution in [0.2, 0.25) is 0 Å². The van der Waals surface area contributed by atoms with Crippen molar-refractivity contribution in [2.45, 2.75) is 0 Å². The van der Waals surface area contributed by atoms with E-state index < -0.39 is 16.7 Å². The predicted octanol–water partition coefficient (Wildman–Crippen LogP) is -0.148. The number of nitro benzene ring substituents is 1. The van der Waals surface area contributed by atoms with Gasteiger partial charge in [-0.1, -0.05) is 0 Å². The average Bonchev–Trinajstić information content (AvgIpc) is 2.34. The van der Waals surface area contributed by atoms with E-state index in [4.69, 9.17) is 5.73 Å². The van der Waals surface area contributed by atoms with Crippen LogP contribution >= 0.6 is 0 Å². The van der Waals surface area contributed by atoms with Gasteiger partial charge in [0.25, 0.3) is 11.6 Å². The summed E-state index contributed by atoms with van der Waals surface area (Å²) in [4.78, 5) is 32.2. The number of nitrogens with one attached hydrogen (secondary N) is 2. The van der Waals surface area contributed by atoms with Crippen LogP contribution in [-0.2, 0) is 4.79 Å². The molecule has 2 amide bonds. The first kappa shape index (κ1) is 13.4. The maximum absolute atomic E-state index is 11.6. The smallest absolute Gasteiger partial charge is 0.293 e. The van der Waals surface area contributed by atoms with Crippen molar-refractivity contribution in [3.63, 3.8) is 0 Å². The van der Waals surface area contributed by atoms with Crippen LogP contribution in [0.3, 0.4) is 0 Å². The van der Waals surface area contributed by atoms with Gasteiger partial charge in [0.15, 0.2) is 0 Å². The number of anilines is 1. The van der Waals surface area contributed by atoms with Gasteiger partial charge in [0.1, 0.15) is 5.69 Å². The lowest BCUT2D eigenvalue weighted by atomic mass is 10.1. The molecule has 8 nitrogen and oxygen atoms in total. The fourth-order valence-corrected chi connectivity index (χ4v) is 1.30. The summed E-state index contributed by atoms with van der Waals surface area (Å²) in [7, 11) is 1.54. The Morgan fingerprint density at radius 1 is 1.44 bits per heavy atom. The van der Waals surface area contributed by atoms with E-state index in [9.17, 15) is 19.7 Å². The van der Waals surface area contributed by atoms with E-state index in [1.54, 1.807) is 0 Å². The number of rotatable bonds is 5. The van der Waals surface area contributed by atoms with E-state index in [2.05, 4.69) is 10.6 Å². The molecule has 0 saturated heterocycles. The van der Waals surface area contributed by atoms with Gasteiger partial charge in [0, 0.05) is 18.7 Å². The molecule has 0 heterocycles. The van der Waals surface area contributed by atoms with Crippen LogP contribution in [0.5, 0.6) is 0 Å². The summed E-state index contributed by atoms with van der Waals surface area (Å²) in [6.07, 6.45) is 0. The summed E-state index contributed by atoms with van der Waals surface area (Å²) in [5.41, 5.74) is 5.04. The van der Waals surface area contributed by atoms with Crippen LogP contribution in [0, 0.1) is 10.1 Å². The first-order chi connectivity index (χ1) is 8.45. The monoisotopic (exact) mass is 252 g/mol. The number of primary amides is 1. The van der Waals surface area contributed by atoms with Crippen molar-refractivity contribution < 1.29 is 14.5 Å². The third kappa shape index (κ3) is 3.17. The van der Waals surface area contributed by atoms with Gasteiger partial charge < -0.3 is 16.4 Å². The van der Waals surface area contributed by atoms with E-state index in [0.717, 1.165) is 6.07 Å². The van der Waals surface area contributed by atoms with E-state index in [0.29, 0.717) is 5.69 Å². The van der Waals surface area contributed by atoms with Crippen molar-refractivity contribution in [2.24, 2.45) is 5.73 Å². The maximum atomic E-state index is 11.6. The van der Waals surface area contributed by atoms with Gasteiger partial charge in [-0.25, -0.2) is 0 Å². The molecule has 96 valence electrons. The molecular formula is C10H12N4O4. The minimum Gasteiger partial charge on any atom is -0.383 e. The molecule has 0 spiro atoms. The Morgan fingerprint density at radius 3 is 2.61 bits per heavy atom. The summed E-state index contributed by atoms with van der Waals surface area (Å²) >= 11 is 0. The summed E-state index contributed by atoms with van der Waals surface area (Å²) in [5.74, 6) is -1.29. The molecule has 0 bridgehead atoms. The SMILES string of the molecule is CNc1ccc(C(=O)NCC(N)=O)cc1[N+](=O)[O-]. The van der Waals surface area contributed by atoms with Crippen molar-refractivity contribution in [1.29, 1.82) is 0 Å². The number of nitrogens with two attached hydrogens (primary N) is 1. The Labute approximate surface area is 102 Å². The Bertz CT molecular complexity index is 501. The minimum absolute atomic E-state index is 0.0851. The number of hydrogen-bond acceptors (Lipinski definition) is 5. The fourth-order valence-electron chi connectivity index (χ4n) is 1.30. The molecule has 0 aromatic heterocycles. The van der Waals surface area contributed by atoms with Crippen LogP contribution in [-0.4, -0.2) is 30.3 Å². The second kappa shape index (κ2) is 5.62. The molecule has 0 aliphatic rings. The highest BCUT2D eigenvalue weighted by atomic mass is 16.6. The molecule has 8 heteroatoms. The predicted molar refractivity (Wildman–Crippen MR) is 64.2 cm³/mol. The Morgan fingerprint density at radius 2 is 2.11 bits per heavy atom. The molecule has 1 rings (SSSR count). The van der Waals surface area contributed by atoms with Crippen molar-refractivity contribution in [3.05, 3.63) is 33.9 Å². The molecule has 0 saturated carbocycles.